The number of likely N-dealkylation sites (N-methyl/N-ethyl adjacent to an activating group) is 1. The summed E-state index contributed by atoms with van der Waals surface area (Å²) in [7, 11) is 5.29. The van der Waals surface area contributed by atoms with Gasteiger partial charge in [0.25, 0.3) is 0 Å². The van der Waals surface area contributed by atoms with Gasteiger partial charge in [0.05, 0.1) is 53.7 Å². The van der Waals surface area contributed by atoms with Gasteiger partial charge < -0.3 is 58.5 Å². The van der Waals surface area contributed by atoms with Crippen molar-refractivity contribution in [3.05, 3.63) is 0 Å². The van der Waals surface area contributed by atoms with Crippen molar-refractivity contribution in [2.45, 2.75) is 218 Å². The SMILES string of the molecule is CC[C@@H]1OC(=O)[C@H](C)[C@H](O[C@@H]2C[C@](C)(OC)[C@H](O)[C@H](C)O2)[C@H](C)[C@H](O[C@@H]2O[C@H](C)C[C@H](N(C)C)[C@@H]2OC(=O)CCC2CCCC2)[C@](C)(O)C[C@H](C)C(=O)[C@H](C)[C@@H](O)[C@]1(C)O. The van der Waals surface area contributed by atoms with Gasteiger partial charge in [-0.1, -0.05) is 53.4 Å². The Kier molecular flexibility index (Phi) is 17.6. The quantitative estimate of drug-likeness (QED) is 0.214. The monoisotopic (exact) mass is 858 g/mol. The second kappa shape index (κ2) is 20.8. The molecular weight excluding hydrogens is 778 g/mol. The molecule has 15 heteroatoms. The number of nitrogens with zero attached hydrogens (tertiary/aromatic N) is 1. The number of Topliss-reactive ketones (excluding diaryl/α,β-unsaturated/α-hetero) is 1. The van der Waals surface area contributed by atoms with Crippen LogP contribution in [0.2, 0.25) is 0 Å². The average molecular weight is 858 g/mol. The first-order valence-corrected chi connectivity index (χ1v) is 22.5. The van der Waals surface area contributed by atoms with E-state index in [1.807, 2.05) is 25.9 Å². The number of methoxy groups -OCH3 is 1. The number of esters is 2. The van der Waals surface area contributed by atoms with E-state index in [2.05, 4.69) is 0 Å². The van der Waals surface area contributed by atoms with Gasteiger partial charge in [-0.05, 0) is 87.2 Å². The van der Waals surface area contributed by atoms with E-state index < -0.39 is 108 Å². The summed E-state index contributed by atoms with van der Waals surface area (Å²) >= 11 is 0. The summed E-state index contributed by atoms with van der Waals surface area (Å²) < 4.78 is 44.4. The Morgan fingerprint density at radius 2 is 1.52 bits per heavy atom. The van der Waals surface area contributed by atoms with Crippen LogP contribution in [0.4, 0.5) is 0 Å². The Hall–Kier alpha value is -1.79. The van der Waals surface area contributed by atoms with E-state index in [0.717, 1.165) is 32.1 Å². The molecule has 1 aliphatic carbocycles. The molecule has 0 spiro atoms. The van der Waals surface area contributed by atoms with Crippen LogP contribution in [0.5, 0.6) is 0 Å². The van der Waals surface area contributed by atoms with Crippen molar-refractivity contribution in [3.63, 3.8) is 0 Å². The summed E-state index contributed by atoms with van der Waals surface area (Å²) in [6.45, 7) is 16.5. The van der Waals surface area contributed by atoms with Gasteiger partial charge in [-0.2, -0.15) is 0 Å². The Labute approximate surface area is 358 Å². The number of cyclic esters (lactones) is 1. The minimum absolute atomic E-state index is 0.0798. The molecule has 0 radical (unpaired) electrons. The molecule has 0 amide bonds. The zero-order valence-corrected chi connectivity index (χ0v) is 38.6. The molecule has 0 aromatic carbocycles. The zero-order chi connectivity index (χ0) is 45.1. The maximum atomic E-state index is 14.3. The van der Waals surface area contributed by atoms with Gasteiger partial charge in [0.2, 0.25) is 0 Å². The summed E-state index contributed by atoms with van der Waals surface area (Å²) in [4.78, 5) is 44.0. The molecule has 4 rings (SSSR count). The van der Waals surface area contributed by atoms with Gasteiger partial charge in [-0.15, -0.1) is 0 Å². The molecular formula is C45H79NO14. The number of ketones is 1. The van der Waals surface area contributed by atoms with Crippen molar-refractivity contribution in [1.82, 2.24) is 4.90 Å². The Bertz CT molecular complexity index is 1420. The van der Waals surface area contributed by atoms with Gasteiger partial charge >= 0.3 is 11.9 Å². The number of aliphatic hydroxyl groups is 4. The van der Waals surface area contributed by atoms with E-state index in [0.29, 0.717) is 12.3 Å². The van der Waals surface area contributed by atoms with E-state index in [1.165, 1.54) is 21.0 Å². The molecule has 0 aromatic heterocycles. The van der Waals surface area contributed by atoms with Crippen molar-refractivity contribution in [2.24, 2.45) is 29.6 Å². The van der Waals surface area contributed by atoms with Crippen LogP contribution in [0.15, 0.2) is 0 Å². The maximum absolute atomic E-state index is 14.3. The Balaban J connectivity index is 1.82. The van der Waals surface area contributed by atoms with E-state index in [-0.39, 0.29) is 43.8 Å². The lowest BCUT2D eigenvalue weighted by Gasteiger charge is -2.49. The van der Waals surface area contributed by atoms with E-state index in [1.54, 1.807) is 48.5 Å². The van der Waals surface area contributed by atoms with Crippen molar-refractivity contribution >= 4 is 17.7 Å². The van der Waals surface area contributed by atoms with E-state index in [4.69, 9.17) is 33.2 Å². The second-order valence-electron chi connectivity index (χ2n) is 19.6. The molecule has 4 fully saturated rings. The van der Waals surface area contributed by atoms with Crippen LogP contribution in [-0.4, -0.2) is 149 Å². The van der Waals surface area contributed by atoms with Crippen molar-refractivity contribution in [3.8, 4) is 0 Å². The van der Waals surface area contributed by atoms with Gasteiger partial charge in [0.15, 0.2) is 18.7 Å². The first-order chi connectivity index (χ1) is 27.9. The van der Waals surface area contributed by atoms with Crippen molar-refractivity contribution in [1.29, 1.82) is 0 Å². The van der Waals surface area contributed by atoms with Gasteiger partial charge in [-0.25, -0.2) is 0 Å². The average Bonchev–Trinajstić information content (AvgIpc) is 3.71. The number of carbonyl (C=O) groups excluding carboxylic acids is 3. The minimum Gasteiger partial charge on any atom is -0.459 e. The summed E-state index contributed by atoms with van der Waals surface area (Å²) in [5, 5.41) is 46.9. The van der Waals surface area contributed by atoms with Crippen LogP contribution in [0.25, 0.3) is 0 Å². The molecule has 3 saturated heterocycles. The summed E-state index contributed by atoms with van der Waals surface area (Å²) in [5.74, 6) is -4.99. The molecule has 15 nitrogen and oxygen atoms in total. The maximum Gasteiger partial charge on any atom is 0.311 e. The predicted molar refractivity (Wildman–Crippen MR) is 221 cm³/mol. The van der Waals surface area contributed by atoms with Gasteiger partial charge in [0, 0.05) is 37.7 Å². The third-order valence-electron chi connectivity index (χ3n) is 14.3. The molecule has 3 aliphatic heterocycles. The molecule has 0 aromatic rings. The lowest BCUT2D eigenvalue weighted by Crippen LogP contribution is -2.61. The van der Waals surface area contributed by atoms with Crippen LogP contribution in [0.3, 0.4) is 0 Å². The lowest BCUT2D eigenvalue weighted by molar-refractivity contribution is -0.319. The molecule has 4 N–H and O–H groups in total. The number of rotatable bonds is 11. The number of ether oxygens (including phenoxy) is 7. The van der Waals surface area contributed by atoms with Crippen LogP contribution in [-0.2, 0) is 47.5 Å². The highest BCUT2D eigenvalue weighted by molar-refractivity contribution is 5.83. The fourth-order valence-electron chi connectivity index (χ4n) is 10.4. The number of carbonyl (C=O) groups is 3. The summed E-state index contributed by atoms with van der Waals surface area (Å²) in [6, 6.07) is -0.314. The van der Waals surface area contributed by atoms with Crippen LogP contribution in [0, 0.1) is 29.6 Å². The first kappa shape index (κ1) is 50.9. The van der Waals surface area contributed by atoms with Crippen molar-refractivity contribution in [2.75, 3.05) is 21.2 Å². The summed E-state index contributed by atoms with van der Waals surface area (Å²) in [5.41, 5.74) is -4.93. The highest BCUT2D eigenvalue weighted by Gasteiger charge is 2.54. The molecule has 4 aliphatic rings. The molecule has 18 atom stereocenters. The standard InChI is InChI=1S/C45H79NO14/c1-14-32-45(10,53)38(49)26(4)35(48)24(2)22-43(8,52)40(27(5)36(28(6)41(51)57-32)59-34-23-44(9,54-13)39(50)29(7)56-34)60-42-37(31(46(11)12)21-25(3)55-42)58-33(47)20-19-30-17-15-16-18-30/h24-32,34,36-40,42,49-50,52-53H,14-23H2,1-13H3/t24-,25+,26-,27-,28+,29-,31-,32-,34+,36+,37-,38+,39+,40-,42-,43+,44-,45+/m0/s1. The first-order valence-electron chi connectivity index (χ1n) is 22.5. The Morgan fingerprint density at radius 1 is 0.883 bits per heavy atom. The minimum atomic E-state index is -2.01. The summed E-state index contributed by atoms with van der Waals surface area (Å²) in [6.07, 6.45) is -4.24. The molecule has 0 bridgehead atoms. The fraction of sp³-hybridized carbons (Fsp3) is 0.933. The lowest BCUT2D eigenvalue weighted by atomic mass is 9.74. The largest absolute Gasteiger partial charge is 0.459 e. The molecule has 60 heavy (non-hydrogen) atoms. The fourth-order valence-corrected chi connectivity index (χ4v) is 10.4. The Morgan fingerprint density at radius 3 is 2.10 bits per heavy atom. The highest BCUT2D eigenvalue weighted by atomic mass is 16.7. The van der Waals surface area contributed by atoms with Crippen LogP contribution >= 0.6 is 0 Å². The zero-order valence-electron chi connectivity index (χ0n) is 38.6. The molecule has 1 saturated carbocycles. The van der Waals surface area contributed by atoms with Crippen LogP contribution < -0.4 is 0 Å². The molecule has 0 unspecified atom stereocenters. The van der Waals surface area contributed by atoms with Gasteiger partial charge in [0.1, 0.15) is 23.6 Å². The number of hydrogen-bond donors (Lipinski definition) is 4. The predicted octanol–water partition coefficient (Wildman–Crippen LogP) is 4.31. The van der Waals surface area contributed by atoms with Crippen molar-refractivity contribution < 1.29 is 68.0 Å². The molecule has 3 heterocycles. The van der Waals surface area contributed by atoms with E-state index in [9.17, 15) is 34.8 Å². The third-order valence-corrected chi connectivity index (χ3v) is 14.3. The third kappa shape index (κ3) is 11.7. The number of hydrogen-bond acceptors (Lipinski definition) is 15. The normalized spacial score (nSPS) is 45.6. The van der Waals surface area contributed by atoms with Crippen LogP contribution in [0.1, 0.15) is 133 Å². The van der Waals surface area contributed by atoms with E-state index >= 15 is 0 Å². The second-order valence-corrected chi connectivity index (χ2v) is 19.6. The smallest absolute Gasteiger partial charge is 0.311 e. The number of aliphatic hydroxyl groups excluding tert-OH is 2. The topological polar surface area (TPSA) is 200 Å². The molecule has 348 valence electrons. The highest BCUT2D eigenvalue weighted by Crippen LogP contribution is 2.41. The van der Waals surface area contributed by atoms with Gasteiger partial charge in [-0.3, -0.25) is 14.4 Å².